The highest BCUT2D eigenvalue weighted by Crippen LogP contribution is 2.34. The van der Waals surface area contributed by atoms with Crippen LogP contribution in [0.3, 0.4) is 0 Å². The second-order valence-electron chi connectivity index (χ2n) is 6.08. The van der Waals surface area contributed by atoms with Gasteiger partial charge in [0.1, 0.15) is 5.75 Å². The highest BCUT2D eigenvalue weighted by Gasteiger charge is 2.26. The molecule has 2 heterocycles. The lowest BCUT2D eigenvalue weighted by atomic mass is 9.96. The van der Waals surface area contributed by atoms with E-state index >= 15 is 0 Å². The minimum Gasteiger partial charge on any atom is -0.467 e. The molecule has 0 radical (unpaired) electrons. The molecule has 2 aliphatic rings. The summed E-state index contributed by atoms with van der Waals surface area (Å²) in [6.45, 7) is 6.49. The molecule has 0 aliphatic carbocycles. The van der Waals surface area contributed by atoms with Crippen molar-refractivity contribution >= 4 is 5.69 Å². The number of nitrogens with two attached hydrogens (primary N) is 1. The third-order valence-corrected chi connectivity index (χ3v) is 4.54. The van der Waals surface area contributed by atoms with Crippen LogP contribution in [-0.2, 0) is 17.9 Å². The van der Waals surface area contributed by atoms with E-state index in [2.05, 4.69) is 24.8 Å². The van der Waals surface area contributed by atoms with Gasteiger partial charge in [-0.25, -0.2) is 0 Å². The Hall–Kier alpha value is -1.26. The molecule has 0 unspecified atom stereocenters. The van der Waals surface area contributed by atoms with Gasteiger partial charge in [0.2, 0.25) is 0 Å². The third-order valence-electron chi connectivity index (χ3n) is 4.54. The Morgan fingerprint density at radius 1 is 1.25 bits per heavy atom. The molecule has 110 valence electrons. The first-order chi connectivity index (χ1) is 9.65. The second-order valence-corrected chi connectivity index (χ2v) is 6.08. The van der Waals surface area contributed by atoms with E-state index in [0.717, 1.165) is 23.5 Å². The fraction of sp³-hybridized carbons (Fsp3) is 0.625. The molecule has 4 nitrogen and oxygen atoms in total. The van der Waals surface area contributed by atoms with Crippen molar-refractivity contribution in [3.05, 3.63) is 23.3 Å². The summed E-state index contributed by atoms with van der Waals surface area (Å²) < 4.78 is 11.1. The van der Waals surface area contributed by atoms with E-state index in [1.807, 2.05) is 6.07 Å². The Labute approximate surface area is 120 Å². The molecule has 1 fully saturated rings. The Morgan fingerprint density at radius 2 is 2.00 bits per heavy atom. The minimum absolute atomic E-state index is 0.342. The van der Waals surface area contributed by atoms with Crippen LogP contribution in [0.1, 0.15) is 44.2 Å². The molecule has 1 saturated heterocycles. The first kappa shape index (κ1) is 13.7. The van der Waals surface area contributed by atoms with Crippen molar-refractivity contribution < 1.29 is 9.47 Å². The van der Waals surface area contributed by atoms with E-state index in [-0.39, 0.29) is 0 Å². The van der Waals surface area contributed by atoms with E-state index in [0.29, 0.717) is 25.5 Å². The number of anilines is 1. The molecule has 3 rings (SSSR count). The lowest BCUT2D eigenvalue weighted by molar-refractivity contribution is -0.0180. The lowest BCUT2D eigenvalue weighted by Gasteiger charge is -2.39. The summed E-state index contributed by atoms with van der Waals surface area (Å²) in [6.07, 6.45) is 3.88. The van der Waals surface area contributed by atoms with Gasteiger partial charge in [0, 0.05) is 35.4 Å². The lowest BCUT2D eigenvalue weighted by Crippen LogP contribution is -2.43. The van der Waals surface area contributed by atoms with Crippen molar-refractivity contribution in [2.75, 3.05) is 12.5 Å². The third kappa shape index (κ3) is 2.63. The van der Waals surface area contributed by atoms with Gasteiger partial charge in [-0.1, -0.05) is 6.42 Å². The van der Waals surface area contributed by atoms with Crippen molar-refractivity contribution in [3.63, 3.8) is 0 Å². The Bertz CT molecular complexity index is 480. The molecular formula is C16H24N2O2. The summed E-state index contributed by atoms with van der Waals surface area (Å²) in [5.41, 5.74) is 9.09. The zero-order valence-corrected chi connectivity index (χ0v) is 12.4. The van der Waals surface area contributed by atoms with Crippen LogP contribution in [0.2, 0.25) is 0 Å². The number of benzene rings is 1. The maximum atomic E-state index is 6.03. The Morgan fingerprint density at radius 3 is 2.75 bits per heavy atom. The predicted octanol–water partition coefficient (Wildman–Crippen LogP) is 2.90. The van der Waals surface area contributed by atoms with E-state index in [1.54, 1.807) is 0 Å². The first-order valence-electron chi connectivity index (χ1n) is 7.52. The molecule has 20 heavy (non-hydrogen) atoms. The van der Waals surface area contributed by atoms with Crippen LogP contribution in [0.25, 0.3) is 0 Å². The van der Waals surface area contributed by atoms with Crippen molar-refractivity contribution in [2.45, 2.75) is 58.3 Å². The van der Waals surface area contributed by atoms with Gasteiger partial charge in [0.15, 0.2) is 6.79 Å². The monoisotopic (exact) mass is 276 g/mol. The number of nitrogens with zero attached hydrogens (tertiary/aromatic N) is 1. The summed E-state index contributed by atoms with van der Waals surface area (Å²) in [5.74, 6) is 0.982. The van der Waals surface area contributed by atoms with Gasteiger partial charge in [0.25, 0.3) is 0 Å². The SMILES string of the molecule is C[C@@H]1CCC[C@H](C)N1Cc1cc(N)cc2c1OCOC2. The van der Waals surface area contributed by atoms with Gasteiger partial charge in [-0.15, -0.1) is 0 Å². The smallest absolute Gasteiger partial charge is 0.189 e. The quantitative estimate of drug-likeness (QED) is 0.844. The fourth-order valence-electron chi connectivity index (χ4n) is 3.43. The molecule has 2 N–H and O–H groups in total. The predicted molar refractivity (Wildman–Crippen MR) is 79.5 cm³/mol. The zero-order valence-electron chi connectivity index (χ0n) is 12.4. The van der Waals surface area contributed by atoms with E-state index < -0.39 is 0 Å². The highest BCUT2D eigenvalue weighted by molar-refractivity contribution is 5.53. The zero-order chi connectivity index (χ0) is 14.1. The topological polar surface area (TPSA) is 47.7 Å². The minimum atomic E-state index is 0.342. The molecule has 0 amide bonds. The summed E-state index contributed by atoms with van der Waals surface area (Å²) >= 11 is 0. The summed E-state index contributed by atoms with van der Waals surface area (Å²) in [7, 11) is 0. The van der Waals surface area contributed by atoms with E-state index in [4.69, 9.17) is 15.2 Å². The Balaban J connectivity index is 1.88. The second kappa shape index (κ2) is 5.62. The normalized spacial score (nSPS) is 26.9. The summed E-state index contributed by atoms with van der Waals surface area (Å²) in [4.78, 5) is 2.57. The maximum absolute atomic E-state index is 6.03. The molecule has 0 aromatic heterocycles. The van der Waals surface area contributed by atoms with Gasteiger partial charge < -0.3 is 15.2 Å². The van der Waals surface area contributed by atoms with Gasteiger partial charge in [-0.3, -0.25) is 4.90 Å². The number of piperidine rings is 1. The van der Waals surface area contributed by atoms with Gasteiger partial charge in [0.05, 0.1) is 6.61 Å². The van der Waals surface area contributed by atoms with Crippen molar-refractivity contribution in [1.29, 1.82) is 0 Å². The van der Waals surface area contributed by atoms with Crippen LogP contribution in [0.15, 0.2) is 12.1 Å². The number of likely N-dealkylation sites (tertiary alicyclic amines) is 1. The molecule has 0 bridgehead atoms. The largest absolute Gasteiger partial charge is 0.467 e. The average Bonchev–Trinajstić information content (AvgIpc) is 2.42. The summed E-state index contributed by atoms with van der Waals surface area (Å²) in [6, 6.07) is 5.26. The molecule has 0 saturated carbocycles. The molecule has 1 aromatic rings. The number of hydrogen-bond donors (Lipinski definition) is 1. The molecular weight excluding hydrogens is 252 g/mol. The van der Waals surface area contributed by atoms with Crippen LogP contribution >= 0.6 is 0 Å². The van der Waals surface area contributed by atoms with Crippen LogP contribution in [0, 0.1) is 0 Å². The van der Waals surface area contributed by atoms with Crippen LogP contribution < -0.4 is 10.5 Å². The van der Waals surface area contributed by atoms with Crippen LogP contribution in [0.4, 0.5) is 5.69 Å². The van der Waals surface area contributed by atoms with Gasteiger partial charge in [-0.2, -0.15) is 0 Å². The van der Waals surface area contributed by atoms with Crippen molar-refractivity contribution in [3.8, 4) is 5.75 Å². The molecule has 0 spiro atoms. The number of fused-ring (bicyclic) bond motifs is 1. The van der Waals surface area contributed by atoms with Crippen LogP contribution in [0.5, 0.6) is 5.75 Å². The van der Waals surface area contributed by atoms with E-state index in [9.17, 15) is 0 Å². The average molecular weight is 276 g/mol. The van der Waals surface area contributed by atoms with Crippen molar-refractivity contribution in [2.24, 2.45) is 0 Å². The van der Waals surface area contributed by atoms with Gasteiger partial charge >= 0.3 is 0 Å². The molecule has 4 heteroatoms. The first-order valence-corrected chi connectivity index (χ1v) is 7.52. The molecule has 2 atom stereocenters. The van der Waals surface area contributed by atoms with E-state index in [1.165, 1.54) is 24.8 Å². The number of rotatable bonds is 2. The van der Waals surface area contributed by atoms with Crippen molar-refractivity contribution in [1.82, 2.24) is 4.90 Å². The maximum Gasteiger partial charge on any atom is 0.189 e. The number of hydrogen-bond acceptors (Lipinski definition) is 4. The molecule has 1 aromatic carbocycles. The van der Waals surface area contributed by atoms with Gasteiger partial charge in [-0.05, 0) is 38.8 Å². The summed E-state index contributed by atoms with van der Waals surface area (Å²) in [5, 5.41) is 0. The Kier molecular flexibility index (Phi) is 3.85. The number of ether oxygens (including phenoxy) is 2. The number of nitrogen functional groups attached to an aromatic ring is 1. The van der Waals surface area contributed by atoms with Crippen LogP contribution in [-0.4, -0.2) is 23.8 Å². The standard InChI is InChI=1S/C16H24N2O2/c1-11-4-3-5-12(2)18(11)8-13-6-15(17)7-14-9-19-10-20-16(13)14/h6-7,11-12H,3-5,8-10,17H2,1-2H3/t11-,12+. The highest BCUT2D eigenvalue weighted by atomic mass is 16.7. The fourth-order valence-corrected chi connectivity index (χ4v) is 3.43. The molecule has 2 aliphatic heterocycles.